The van der Waals surface area contributed by atoms with Crippen molar-refractivity contribution in [2.24, 2.45) is 0 Å². The third-order valence-corrected chi connectivity index (χ3v) is 2.62. The van der Waals surface area contributed by atoms with Gasteiger partial charge < -0.3 is 4.74 Å². The lowest BCUT2D eigenvalue weighted by molar-refractivity contribution is -0.137. The van der Waals surface area contributed by atoms with E-state index in [-0.39, 0.29) is 5.97 Å². The topological polar surface area (TPSA) is 26.3 Å². The number of hydrogen-bond acceptors (Lipinski definition) is 2. The molecule has 1 aromatic rings. The molecule has 0 fully saturated rings. The predicted molar refractivity (Wildman–Crippen MR) is 75.2 cm³/mol. The first-order chi connectivity index (χ1) is 8.67. The van der Waals surface area contributed by atoms with Crippen LogP contribution in [0.4, 0.5) is 0 Å². The maximum absolute atomic E-state index is 11.2. The summed E-state index contributed by atoms with van der Waals surface area (Å²) in [5, 5.41) is 0. The van der Waals surface area contributed by atoms with Gasteiger partial charge in [-0.3, -0.25) is 0 Å². The monoisotopic (exact) mass is 244 g/mol. The van der Waals surface area contributed by atoms with Crippen LogP contribution in [0, 0.1) is 6.92 Å². The molecule has 0 amide bonds. The summed E-state index contributed by atoms with van der Waals surface area (Å²) >= 11 is 0. The third kappa shape index (κ3) is 4.58. The van der Waals surface area contributed by atoms with E-state index in [1.54, 1.807) is 13.0 Å². The van der Waals surface area contributed by atoms with Gasteiger partial charge in [-0.15, -0.1) is 0 Å². The number of hydrogen-bond donors (Lipinski definition) is 0. The van der Waals surface area contributed by atoms with E-state index in [2.05, 4.69) is 38.1 Å². The number of aryl methyl sites for hydroxylation is 1. The molecule has 0 aliphatic heterocycles. The average Bonchev–Trinajstić information content (AvgIpc) is 2.36. The fourth-order valence-electron chi connectivity index (χ4n) is 1.62. The van der Waals surface area contributed by atoms with Crippen molar-refractivity contribution < 1.29 is 9.53 Å². The number of esters is 1. The van der Waals surface area contributed by atoms with E-state index in [0.29, 0.717) is 6.61 Å². The highest BCUT2D eigenvalue weighted by Gasteiger charge is 1.98. The van der Waals surface area contributed by atoms with Gasteiger partial charge in [0.15, 0.2) is 0 Å². The van der Waals surface area contributed by atoms with E-state index in [1.165, 1.54) is 22.8 Å². The molecule has 1 aromatic carbocycles. The summed E-state index contributed by atoms with van der Waals surface area (Å²) in [6.45, 7) is 6.38. The Kier molecular flexibility index (Phi) is 5.92. The number of benzene rings is 1. The Hall–Kier alpha value is -1.83. The lowest BCUT2D eigenvalue weighted by Gasteiger charge is -2.04. The van der Waals surface area contributed by atoms with E-state index in [9.17, 15) is 4.79 Å². The minimum absolute atomic E-state index is 0.298. The maximum Gasteiger partial charge on any atom is 0.330 e. The van der Waals surface area contributed by atoms with Crippen molar-refractivity contribution in [3.63, 3.8) is 0 Å². The van der Waals surface area contributed by atoms with E-state index in [1.807, 2.05) is 6.08 Å². The van der Waals surface area contributed by atoms with Crippen LogP contribution < -0.4 is 0 Å². The molecule has 0 aliphatic carbocycles. The van der Waals surface area contributed by atoms with Gasteiger partial charge in [0, 0.05) is 6.08 Å². The molecule has 0 radical (unpaired) electrons. The number of rotatable bonds is 5. The number of carbonyl (C=O) groups excluding carboxylic acids is 1. The van der Waals surface area contributed by atoms with Crippen molar-refractivity contribution in [2.45, 2.75) is 27.2 Å². The molecule has 1 rings (SSSR count). The van der Waals surface area contributed by atoms with E-state index >= 15 is 0 Å². The first kappa shape index (κ1) is 14.2. The molecule has 96 valence electrons. The quantitative estimate of drug-likeness (QED) is 0.446. The fourth-order valence-corrected chi connectivity index (χ4v) is 1.62. The normalized spacial score (nSPS) is 11.8. The minimum Gasteiger partial charge on any atom is -0.463 e. The second-order valence-corrected chi connectivity index (χ2v) is 4.02. The SMILES string of the molecule is CCOC(=O)C=CC=C(CC)c1ccc(C)cc1. The highest BCUT2D eigenvalue weighted by atomic mass is 16.5. The van der Waals surface area contributed by atoms with Crippen molar-refractivity contribution in [1.29, 1.82) is 0 Å². The van der Waals surface area contributed by atoms with Gasteiger partial charge in [0.2, 0.25) is 0 Å². The highest BCUT2D eigenvalue weighted by molar-refractivity contribution is 5.82. The van der Waals surface area contributed by atoms with Gasteiger partial charge >= 0.3 is 5.97 Å². The average molecular weight is 244 g/mol. The van der Waals surface area contributed by atoms with Crippen molar-refractivity contribution in [2.75, 3.05) is 6.61 Å². The minimum atomic E-state index is -0.298. The van der Waals surface area contributed by atoms with Crippen LogP contribution in [0.3, 0.4) is 0 Å². The summed E-state index contributed by atoms with van der Waals surface area (Å²) in [7, 11) is 0. The van der Waals surface area contributed by atoms with Gasteiger partial charge in [-0.1, -0.05) is 48.9 Å². The fraction of sp³-hybridized carbons (Fsp3) is 0.312. The van der Waals surface area contributed by atoms with Crippen molar-refractivity contribution in [1.82, 2.24) is 0 Å². The highest BCUT2D eigenvalue weighted by Crippen LogP contribution is 2.18. The molecule has 0 heterocycles. The molecule has 0 atom stereocenters. The number of carbonyl (C=O) groups is 1. The molecular weight excluding hydrogens is 224 g/mol. The molecule has 0 aromatic heterocycles. The first-order valence-electron chi connectivity index (χ1n) is 6.28. The Morgan fingerprint density at radius 3 is 2.44 bits per heavy atom. The Labute approximate surface area is 109 Å². The van der Waals surface area contributed by atoms with E-state index in [0.717, 1.165) is 6.42 Å². The van der Waals surface area contributed by atoms with Crippen molar-refractivity contribution >= 4 is 11.5 Å². The largest absolute Gasteiger partial charge is 0.463 e. The second-order valence-electron chi connectivity index (χ2n) is 4.02. The van der Waals surface area contributed by atoms with Gasteiger partial charge in [0.25, 0.3) is 0 Å². The standard InChI is InChI=1S/C16H20O2/c1-4-14(7-6-8-16(17)18-5-2)15-11-9-13(3)10-12-15/h6-12H,4-5H2,1-3H3. The summed E-state index contributed by atoms with van der Waals surface area (Å²) in [6, 6.07) is 8.38. The number of allylic oxidation sites excluding steroid dienone is 3. The molecule has 2 nitrogen and oxygen atoms in total. The molecule has 18 heavy (non-hydrogen) atoms. The molecular formula is C16H20O2. The maximum atomic E-state index is 11.2. The Morgan fingerprint density at radius 1 is 1.22 bits per heavy atom. The first-order valence-corrected chi connectivity index (χ1v) is 6.28. The second kappa shape index (κ2) is 7.49. The molecule has 0 spiro atoms. The zero-order valence-electron chi connectivity index (χ0n) is 11.3. The van der Waals surface area contributed by atoms with Crippen molar-refractivity contribution in [3.8, 4) is 0 Å². The van der Waals surface area contributed by atoms with Crippen LogP contribution in [0.15, 0.2) is 42.5 Å². The van der Waals surface area contributed by atoms with Crippen LogP contribution in [-0.2, 0) is 9.53 Å². The Balaban J connectivity index is 2.77. The molecule has 2 heteroatoms. The summed E-state index contributed by atoms with van der Waals surface area (Å²) in [4.78, 5) is 11.2. The van der Waals surface area contributed by atoms with Gasteiger partial charge in [0.05, 0.1) is 6.61 Å². The van der Waals surface area contributed by atoms with E-state index < -0.39 is 0 Å². The van der Waals surface area contributed by atoms with Crippen molar-refractivity contribution in [3.05, 3.63) is 53.6 Å². The molecule has 0 unspecified atom stereocenters. The van der Waals surface area contributed by atoms with Crippen LogP contribution in [-0.4, -0.2) is 12.6 Å². The van der Waals surface area contributed by atoms with Crippen LogP contribution in [0.1, 0.15) is 31.4 Å². The number of ether oxygens (including phenoxy) is 1. The van der Waals surface area contributed by atoms with Crippen LogP contribution in [0.2, 0.25) is 0 Å². The van der Waals surface area contributed by atoms with Gasteiger partial charge in [0.1, 0.15) is 0 Å². The van der Waals surface area contributed by atoms with E-state index in [4.69, 9.17) is 4.74 Å². The molecule has 0 aliphatic rings. The summed E-state index contributed by atoms with van der Waals surface area (Å²) in [5.41, 5.74) is 3.64. The summed E-state index contributed by atoms with van der Waals surface area (Å²) in [6.07, 6.45) is 6.09. The molecule has 0 bridgehead atoms. The van der Waals surface area contributed by atoms with Gasteiger partial charge in [-0.2, -0.15) is 0 Å². The zero-order chi connectivity index (χ0) is 13.4. The van der Waals surface area contributed by atoms with Crippen LogP contribution >= 0.6 is 0 Å². The van der Waals surface area contributed by atoms with Gasteiger partial charge in [-0.05, 0) is 31.4 Å². The molecule has 0 N–H and O–H groups in total. The van der Waals surface area contributed by atoms with Gasteiger partial charge in [-0.25, -0.2) is 4.79 Å². The molecule has 0 saturated heterocycles. The lowest BCUT2D eigenvalue weighted by atomic mass is 10.0. The predicted octanol–water partition coefficient (Wildman–Crippen LogP) is 3.91. The lowest BCUT2D eigenvalue weighted by Crippen LogP contribution is -1.98. The van der Waals surface area contributed by atoms with Crippen LogP contribution in [0.5, 0.6) is 0 Å². The zero-order valence-corrected chi connectivity index (χ0v) is 11.3. The summed E-state index contributed by atoms with van der Waals surface area (Å²) < 4.78 is 4.82. The third-order valence-electron chi connectivity index (χ3n) is 2.62. The summed E-state index contributed by atoms with van der Waals surface area (Å²) in [5.74, 6) is -0.298. The molecule has 0 saturated carbocycles. The Morgan fingerprint density at radius 2 is 1.89 bits per heavy atom. The smallest absolute Gasteiger partial charge is 0.330 e. The Bertz CT molecular complexity index is 439. The van der Waals surface area contributed by atoms with Crippen LogP contribution in [0.25, 0.3) is 5.57 Å².